The van der Waals surface area contributed by atoms with Gasteiger partial charge in [0.1, 0.15) is 0 Å². The molecule has 0 aliphatic heterocycles. The van der Waals surface area contributed by atoms with Crippen LogP contribution in [0.15, 0.2) is 170 Å². The summed E-state index contributed by atoms with van der Waals surface area (Å²) in [5, 5.41) is 4.94. The van der Waals surface area contributed by atoms with E-state index in [0.29, 0.717) is 0 Å². The monoisotopic (exact) mass is 536 g/mol. The van der Waals surface area contributed by atoms with Gasteiger partial charge in [-0.3, -0.25) is 0 Å². The number of aromatic nitrogens is 1. The molecule has 0 bridgehead atoms. The molecule has 0 N–H and O–H groups in total. The summed E-state index contributed by atoms with van der Waals surface area (Å²) in [7, 11) is 0. The lowest BCUT2D eigenvalue weighted by Crippen LogP contribution is -2.11. The number of fused-ring (bicyclic) bond motifs is 4. The van der Waals surface area contributed by atoms with Crippen molar-refractivity contribution in [3.63, 3.8) is 0 Å². The summed E-state index contributed by atoms with van der Waals surface area (Å²) >= 11 is 0. The number of para-hydroxylation sites is 3. The van der Waals surface area contributed by atoms with E-state index in [1.54, 1.807) is 0 Å². The molecule has 1 aromatic heterocycles. The van der Waals surface area contributed by atoms with Crippen LogP contribution in [0.1, 0.15) is 0 Å². The van der Waals surface area contributed by atoms with Crippen molar-refractivity contribution in [1.82, 2.24) is 4.57 Å². The van der Waals surface area contributed by atoms with Crippen LogP contribution in [-0.4, -0.2) is 4.57 Å². The van der Waals surface area contributed by atoms with Gasteiger partial charge in [0, 0.05) is 27.8 Å². The van der Waals surface area contributed by atoms with E-state index in [1.807, 2.05) is 0 Å². The van der Waals surface area contributed by atoms with Crippen LogP contribution in [0.4, 0.5) is 17.1 Å². The maximum Gasteiger partial charge on any atom is 0.0782 e. The fourth-order valence-electron chi connectivity index (χ4n) is 6.30. The number of hydrogen-bond acceptors (Lipinski definition) is 1. The highest BCUT2D eigenvalue weighted by molar-refractivity contribution is 6.19. The Bertz CT molecular complexity index is 2180. The summed E-state index contributed by atoms with van der Waals surface area (Å²) in [5.41, 5.74) is 9.34. The molecule has 7 aromatic carbocycles. The van der Waals surface area contributed by atoms with Crippen LogP contribution in [0.25, 0.3) is 49.4 Å². The Labute approximate surface area is 245 Å². The fraction of sp³-hybridized carbons (Fsp3) is 0. The molecule has 2 nitrogen and oxygen atoms in total. The predicted octanol–water partition coefficient (Wildman–Crippen LogP) is 11.1. The maximum absolute atomic E-state index is 2.43. The van der Waals surface area contributed by atoms with Crippen LogP contribution in [0.5, 0.6) is 0 Å². The molecular weight excluding hydrogens is 508 g/mol. The zero-order valence-corrected chi connectivity index (χ0v) is 23.1. The Morgan fingerprint density at radius 2 is 1.12 bits per heavy atom. The van der Waals surface area contributed by atoms with Crippen molar-refractivity contribution in [2.45, 2.75) is 0 Å². The second kappa shape index (κ2) is 10.1. The third-order valence-corrected chi connectivity index (χ3v) is 8.14. The Kier molecular flexibility index (Phi) is 5.82. The summed E-state index contributed by atoms with van der Waals surface area (Å²) in [4.78, 5) is 2.40. The Morgan fingerprint density at radius 3 is 1.90 bits per heavy atom. The fourth-order valence-corrected chi connectivity index (χ4v) is 6.30. The second-order valence-electron chi connectivity index (χ2n) is 10.6. The molecule has 0 saturated heterocycles. The van der Waals surface area contributed by atoms with E-state index < -0.39 is 0 Å². The van der Waals surface area contributed by atoms with Crippen LogP contribution < -0.4 is 4.90 Å². The molecule has 2 heteroatoms. The molecule has 0 spiro atoms. The summed E-state index contributed by atoms with van der Waals surface area (Å²) in [6.45, 7) is 0. The second-order valence-corrected chi connectivity index (χ2v) is 10.6. The lowest BCUT2D eigenvalue weighted by Gasteiger charge is -2.27. The lowest BCUT2D eigenvalue weighted by molar-refractivity contribution is 1.17. The minimum absolute atomic E-state index is 1.12. The highest BCUT2D eigenvalue weighted by Crippen LogP contribution is 2.45. The smallest absolute Gasteiger partial charge is 0.0782 e. The minimum atomic E-state index is 1.12. The van der Waals surface area contributed by atoms with Crippen LogP contribution in [0.3, 0.4) is 0 Å². The molecule has 0 amide bonds. The van der Waals surface area contributed by atoms with Gasteiger partial charge in [-0.2, -0.15) is 0 Å². The van der Waals surface area contributed by atoms with E-state index in [1.165, 1.54) is 43.7 Å². The first kappa shape index (κ1) is 24.2. The van der Waals surface area contributed by atoms with Crippen molar-refractivity contribution in [2.24, 2.45) is 0 Å². The number of rotatable bonds is 5. The molecule has 1 heterocycles. The van der Waals surface area contributed by atoms with Crippen molar-refractivity contribution in [3.8, 4) is 16.8 Å². The molecule has 0 saturated carbocycles. The number of anilines is 3. The molecule has 198 valence electrons. The Morgan fingerprint density at radius 1 is 0.452 bits per heavy atom. The summed E-state index contributed by atoms with van der Waals surface area (Å²) in [6, 6.07) is 60.9. The molecule has 0 aliphatic carbocycles. The Balaban J connectivity index is 1.50. The first-order valence-electron chi connectivity index (χ1n) is 14.4. The van der Waals surface area contributed by atoms with Crippen LogP contribution in [0, 0.1) is 0 Å². The highest BCUT2D eigenvalue weighted by Gasteiger charge is 2.23. The van der Waals surface area contributed by atoms with Crippen molar-refractivity contribution in [1.29, 1.82) is 0 Å². The van der Waals surface area contributed by atoms with Gasteiger partial charge in [0.15, 0.2) is 0 Å². The normalized spacial score (nSPS) is 11.3. The average Bonchev–Trinajstić information content (AvgIpc) is 3.41. The van der Waals surface area contributed by atoms with Crippen molar-refractivity contribution >= 4 is 49.6 Å². The average molecular weight is 537 g/mol. The maximum atomic E-state index is 2.43. The van der Waals surface area contributed by atoms with Crippen molar-refractivity contribution < 1.29 is 0 Å². The zero-order valence-electron chi connectivity index (χ0n) is 23.1. The quantitative estimate of drug-likeness (QED) is 0.212. The van der Waals surface area contributed by atoms with Gasteiger partial charge in [-0.15, -0.1) is 0 Å². The van der Waals surface area contributed by atoms with Crippen LogP contribution in [0.2, 0.25) is 0 Å². The van der Waals surface area contributed by atoms with Crippen molar-refractivity contribution in [2.75, 3.05) is 4.90 Å². The minimum Gasteiger partial charge on any atom is -0.308 e. The molecule has 8 aromatic rings. The molecule has 0 atom stereocenters. The Hall–Kier alpha value is -5.60. The van der Waals surface area contributed by atoms with Gasteiger partial charge in [0.05, 0.1) is 16.7 Å². The van der Waals surface area contributed by atoms with Crippen molar-refractivity contribution in [3.05, 3.63) is 170 Å². The highest BCUT2D eigenvalue weighted by atomic mass is 15.2. The van der Waals surface area contributed by atoms with E-state index in [-0.39, 0.29) is 0 Å². The number of hydrogen-bond donors (Lipinski definition) is 0. The third-order valence-electron chi connectivity index (χ3n) is 8.14. The van der Waals surface area contributed by atoms with Gasteiger partial charge in [0.25, 0.3) is 0 Å². The van der Waals surface area contributed by atoms with Gasteiger partial charge in [0.2, 0.25) is 0 Å². The molecule has 0 aliphatic rings. The van der Waals surface area contributed by atoms with E-state index in [2.05, 4.69) is 179 Å². The van der Waals surface area contributed by atoms with E-state index in [0.717, 1.165) is 22.7 Å². The first-order valence-corrected chi connectivity index (χ1v) is 14.4. The van der Waals surface area contributed by atoms with Crippen LogP contribution >= 0.6 is 0 Å². The lowest BCUT2D eigenvalue weighted by atomic mass is 9.99. The molecular formula is C40H28N2. The SMILES string of the molecule is c1ccc(-c2cccc3c2c2cccc(N(c4ccccc4)c4ccc5ccccc5c4)c2n3-c2ccccc2)cc1. The molecule has 0 radical (unpaired) electrons. The summed E-state index contributed by atoms with van der Waals surface area (Å²) in [6.07, 6.45) is 0. The topological polar surface area (TPSA) is 8.17 Å². The summed E-state index contributed by atoms with van der Waals surface area (Å²) < 4.78 is 2.43. The number of nitrogens with zero attached hydrogens (tertiary/aromatic N) is 2. The van der Waals surface area contributed by atoms with Gasteiger partial charge >= 0.3 is 0 Å². The molecule has 42 heavy (non-hydrogen) atoms. The van der Waals surface area contributed by atoms with E-state index in [4.69, 9.17) is 0 Å². The van der Waals surface area contributed by atoms with Gasteiger partial charge in [-0.25, -0.2) is 0 Å². The zero-order chi connectivity index (χ0) is 27.9. The summed E-state index contributed by atoms with van der Waals surface area (Å²) in [5.74, 6) is 0. The number of benzene rings is 7. The standard InChI is InChI=1S/C40H28N2/c1-4-15-30(16-5-1)35-22-12-24-37-39(35)36-23-13-25-38(40(36)42(37)33-20-8-3-9-21-33)41(32-18-6-2-7-19-32)34-27-26-29-14-10-11-17-31(29)28-34/h1-28H. The largest absolute Gasteiger partial charge is 0.308 e. The van der Waals surface area contributed by atoms with Crippen LogP contribution in [-0.2, 0) is 0 Å². The predicted molar refractivity (Wildman–Crippen MR) is 178 cm³/mol. The first-order chi connectivity index (χ1) is 20.9. The van der Waals surface area contributed by atoms with Gasteiger partial charge in [-0.1, -0.05) is 121 Å². The molecule has 8 rings (SSSR count). The van der Waals surface area contributed by atoms with Gasteiger partial charge < -0.3 is 9.47 Å². The molecule has 0 fully saturated rings. The molecule has 0 unspecified atom stereocenters. The van der Waals surface area contributed by atoms with Gasteiger partial charge in [-0.05, 0) is 70.4 Å². The third kappa shape index (κ3) is 3.96. The van der Waals surface area contributed by atoms with E-state index >= 15 is 0 Å². The van der Waals surface area contributed by atoms with E-state index in [9.17, 15) is 0 Å².